The Morgan fingerprint density at radius 1 is 1.03 bits per heavy atom. The van der Waals surface area contributed by atoms with Crippen molar-refractivity contribution in [2.24, 2.45) is 0 Å². The number of benzene rings is 2. The van der Waals surface area contributed by atoms with Gasteiger partial charge in [-0.25, -0.2) is 22.8 Å². The van der Waals surface area contributed by atoms with Crippen LogP contribution in [-0.4, -0.2) is 29.6 Å². The van der Waals surface area contributed by atoms with Gasteiger partial charge >= 0.3 is 0 Å². The predicted molar refractivity (Wildman–Crippen MR) is 112 cm³/mol. The van der Waals surface area contributed by atoms with Gasteiger partial charge in [-0.1, -0.05) is 11.3 Å². The summed E-state index contributed by atoms with van der Waals surface area (Å²) in [6, 6.07) is 10.8. The largest absolute Gasteiger partial charge is 0.324 e. The number of nitrogens with zero attached hydrogens (tertiary/aromatic N) is 3. The number of hydrogen-bond acceptors (Lipinski definition) is 8. The summed E-state index contributed by atoms with van der Waals surface area (Å²) >= 11 is 1.33. The molecule has 0 aliphatic heterocycles. The van der Waals surface area contributed by atoms with Gasteiger partial charge in [0.15, 0.2) is 15.0 Å². The van der Waals surface area contributed by atoms with Gasteiger partial charge in [0.1, 0.15) is 11.6 Å². The average molecular weight is 430 g/mol. The molecule has 0 amide bonds. The number of halogens is 1. The molecule has 2 aromatic carbocycles. The van der Waals surface area contributed by atoms with Gasteiger partial charge < -0.3 is 10.6 Å². The third-order valence-corrected chi connectivity index (χ3v) is 6.15. The highest BCUT2D eigenvalue weighted by atomic mass is 32.2. The maximum absolute atomic E-state index is 13.4. The fourth-order valence-corrected chi connectivity index (χ4v) is 4.12. The van der Waals surface area contributed by atoms with Gasteiger partial charge in [0.2, 0.25) is 5.95 Å². The Labute approximate surface area is 170 Å². The first-order valence-electron chi connectivity index (χ1n) is 8.52. The lowest BCUT2D eigenvalue weighted by Gasteiger charge is -2.09. The summed E-state index contributed by atoms with van der Waals surface area (Å²) < 4.78 is 37.2. The molecule has 4 aromatic rings. The number of rotatable bonds is 5. The van der Waals surface area contributed by atoms with Crippen molar-refractivity contribution in [1.82, 2.24) is 15.0 Å². The molecule has 10 heteroatoms. The van der Waals surface area contributed by atoms with Gasteiger partial charge in [-0.05, 0) is 49.4 Å². The zero-order chi connectivity index (χ0) is 20.6. The van der Waals surface area contributed by atoms with E-state index in [1.54, 1.807) is 24.4 Å². The van der Waals surface area contributed by atoms with Gasteiger partial charge in [0.05, 0.1) is 15.1 Å². The van der Waals surface area contributed by atoms with E-state index in [4.69, 9.17) is 0 Å². The predicted octanol–water partition coefficient (Wildman–Crippen LogP) is 4.42. The molecule has 0 radical (unpaired) electrons. The van der Waals surface area contributed by atoms with Crippen molar-refractivity contribution < 1.29 is 12.8 Å². The van der Waals surface area contributed by atoms with Crippen LogP contribution in [-0.2, 0) is 9.84 Å². The van der Waals surface area contributed by atoms with Crippen LogP contribution >= 0.6 is 11.3 Å². The molecule has 2 N–H and O–H groups in total. The topological polar surface area (TPSA) is 96.9 Å². The van der Waals surface area contributed by atoms with Gasteiger partial charge in [-0.15, -0.1) is 0 Å². The second kappa shape index (κ2) is 7.37. The number of fused-ring (bicyclic) bond motifs is 1. The Balaban J connectivity index is 1.57. The Hall–Kier alpha value is -3.11. The van der Waals surface area contributed by atoms with E-state index in [0.29, 0.717) is 28.1 Å². The summed E-state index contributed by atoms with van der Waals surface area (Å²) in [5.74, 6) is 0.603. The Morgan fingerprint density at radius 2 is 1.79 bits per heavy atom. The molecule has 0 atom stereocenters. The van der Waals surface area contributed by atoms with Gasteiger partial charge in [-0.3, -0.25) is 0 Å². The first-order chi connectivity index (χ1) is 13.8. The van der Waals surface area contributed by atoms with Crippen LogP contribution in [0.1, 0.15) is 5.56 Å². The first-order valence-corrected chi connectivity index (χ1v) is 11.2. The number of nitrogens with one attached hydrogen (secondary N) is 2. The van der Waals surface area contributed by atoms with Crippen LogP contribution < -0.4 is 10.6 Å². The van der Waals surface area contributed by atoms with Crippen LogP contribution in [0.5, 0.6) is 0 Å². The second-order valence-electron chi connectivity index (χ2n) is 6.40. The summed E-state index contributed by atoms with van der Waals surface area (Å²) in [6.07, 6.45) is 2.82. The van der Waals surface area contributed by atoms with Crippen molar-refractivity contribution in [3.05, 3.63) is 60.0 Å². The van der Waals surface area contributed by atoms with E-state index in [0.717, 1.165) is 16.5 Å². The molecule has 4 rings (SSSR count). The second-order valence-corrected chi connectivity index (χ2v) is 9.45. The molecular formula is C19H16FN5O2S2. The van der Waals surface area contributed by atoms with Crippen LogP contribution in [0.4, 0.5) is 27.0 Å². The number of sulfone groups is 1. The highest BCUT2D eigenvalue weighted by molar-refractivity contribution is 7.90. The van der Waals surface area contributed by atoms with Gasteiger partial charge in [-0.2, -0.15) is 4.98 Å². The number of aryl methyl sites for hydroxylation is 1. The van der Waals surface area contributed by atoms with E-state index in [1.165, 1.54) is 35.6 Å². The number of aromatic nitrogens is 3. The average Bonchev–Trinajstić information content (AvgIpc) is 3.05. The lowest BCUT2D eigenvalue weighted by atomic mass is 10.3. The van der Waals surface area contributed by atoms with Crippen molar-refractivity contribution >= 4 is 54.0 Å². The third kappa shape index (κ3) is 4.33. The van der Waals surface area contributed by atoms with Crippen LogP contribution in [0.15, 0.2) is 53.6 Å². The van der Waals surface area contributed by atoms with Crippen molar-refractivity contribution in [1.29, 1.82) is 0 Å². The monoisotopic (exact) mass is 429 g/mol. The van der Waals surface area contributed by atoms with Crippen LogP contribution in [0.25, 0.3) is 10.2 Å². The third-order valence-electron chi connectivity index (χ3n) is 4.09. The quantitative estimate of drug-likeness (QED) is 0.484. The molecule has 29 heavy (non-hydrogen) atoms. The fraction of sp³-hybridized carbons (Fsp3) is 0.105. The Morgan fingerprint density at radius 3 is 2.52 bits per heavy atom. The number of hydrogen-bond donors (Lipinski definition) is 2. The molecule has 0 saturated carbocycles. The minimum atomic E-state index is -3.25. The van der Waals surface area contributed by atoms with Crippen LogP contribution in [0.3, 0.4) is 0 Å². The van der Waals surface area contributed by atoms with Gasteiger partial charge in [0, 0.05) is 23.7 Å². The zero-order valence-corrected chi connectivity index (χ0v) is 17.1. The Kier molecular flexibility index (Phi) is 4.89. The number of anilines is 4. The maximum atomic E-state index is 13.4. The number of thiazole rings is 1. The van der Waals surface area contributed by atoms with Crippen molar-refractivity contribution in [2.75, 3.05) is 16.9 Å². The van der Waals surface area contributed by atoms with E-state index in [2.05, 4.69) is 25.6 Å². The van der Waals surface area contributed by atoms with E-state index in [1.807, 2.05) is 6.92 Å². The molecule has 0 aliphatic carbocycles. The first kappa shape index (κ1) is 19.2. The van der Waals surface area contributed by atoms with E-state index in [9.17, 15) is 12.8 Å². The standard InChI is InChI=1S/C19H16FN5O2S2/c1-11-10-21-18(22-13-4-6-14(7-5-13)29(2,26)27)24-17(11)25-19-23-15-8-3-12(20)9-16(15)28-19/h3-10H,1-2H3,(H2,21,22,23,24,25). The van der Waals surface area contributed by atoms with E-state index < -0.39 is 9.84 Å². The molecule has 0 bridgehead atoms. The molecule has 2 heterocycles. The molecule has 0 aliphatic rings. The SMILES string of the molecule is Cc1cnc(Nc2ccc(S(C)(=O)=O)cc2)nc1Nc1nc2ccc(F)cc2s1. The molecule has 148 valence electrons. The lowest BCUT2D eigenvalue weighted by Crippen LogP contribution is -2.03. The molecule has 2 aromatic heterocycles. The molecular weight excluding hydrogens is 413 g/mol. The van der Waals surface area contributed by atoms with E-state index in [-0.39, 0.29) is 10.7 Å². The zero-order valence-electron chi connectivity index (χ0n) is 15.5. The summed E-state index contributed by atoms with van der Waals surface area (Å²) in [5.41, 5.74) is 2.17. The van der Waals surface area contributed by atoms with Gasteiger partial charge in [0.25, 0.3) is 0 Å². The minimum absolute atomic E-state index is 0.238. The molecule has 0 unspecified atom stereocenters. The van der Waals surface area contributed by atoms with Crippen LogP contribution in [0, 0.1) is 12.7 Å². The van der Waals surface area contributed by atoms with Crippen molar-refractivity contribution in [2.45, 2.75) is 11.8 Å². The molecule has 0 fully saturated rings. The Bertz CT molecular complexity index is 1300. The summed E-state index contributed by atoms with van der Waals surface area (Å²) in [5, 5.41) is 6.79. The molecule has 0 saturated heterocycles. The lowest BCUT2D eigenvalue weighted by molar-refractivity contribution is 0.602. The summed E-state index contributed by atoms with van der Waals surface area (Å²) in [6.45, 7) is 1.86. The summed E-state index contributed by atoms with van der Waals surface area (Å²) in [4.78, 5) is 13.4. The molecule has 7 nitrogen and oxygen atoms in total. The van der Waals surface area contributed by atoms with Crippen LogP contribution in [0.2, 0.25) is 0 Å². The normalized spacial score (nSPS) is 11.6. The highest BCUT2D eigenvalue weighted by Gasteiger charge is 2.10. The highest BCUT2D eigenvalue weighted by Crippen LogP contribution is 2.29. The fourth-order valence-electron chi connectivity index (χ4n) is 2.60. The maximum Gasteiger partial charge on any atom is 0.229 e. The minimum Gasteiger partial charge on any atom is -0.324 e. The van der Waals surface area contributed by atoms with E-state index >= 15 is 0 Å². The summed E-state index contributed by atoms with van der Waals surface area (Å²) in [7, 11) is -3.25. The smallest absolute Gasteiger partial charge is 0.229 e. The van der Waals surface area contributed by atoms with Crippen molar-refractivity contribution in [3.63, 3.8) is 0 Å². The van der Waals surface area contributed by atoms with Crippen molar-refractivity contribution in [3.8, 4) is 0 Å². The molecule has 0 spiro atoms.